The number of phenolic OH excluding ortho intramolecular Hbond substituents is 1. The quantitative estimate of drug-likeness (QED) is 0.307. The number of ether oxygens (including phenoxy) is 7. The lowest BCUT2D eigenvalue weighted by molar-refractivity contribution is -0.141. The second kappa shape index (κ2) is 11.5. The van der Waals surface area contributed by atoms with Crippen molar-refractivity contribution in [3.63, 3.8) is 0 Å². The molecule has 3 aromatic rings. The van der Waals surface area contributed by atoms with Gasteiger partial charge >= 0.3 is 12.0 Å². The maximum absolute atomic E-state index is 13.4. The molecule has 1 saturated heterocycles. The normalized spacial score (nSPS) is 21.2. The summed E-state index contributed by atoms with van der Waals surface area (Å²) in [4.78, 5) is 26.4. The number of hydrogen-bond acceptors (Lipinski definition) is 12. The van der Waals surface area contributed by atoms with Crippen LogP contribution in [-0.2, 0) is 19.6 Å². The van der Waals surface area contributed by atoms with E-state index in [-0.39, 0.29) is 41.3 Å². The highest BCUT2D eigenvalue weighted by Crippen LogP contribution is 2.55. The summed E-state index contributed by atoms with van der Waals surface area (Å²) >= 11 is 0. The van der Waals surface area contributed by atoms with Crippen LogP contribution in [0.15, 0.2) is 47.4 Å². The Bertz CT molecular complexity index is 1770. The lowest BCUT2D eigenvalue weighted by atomic mass is 9.65. The van der Waals surface area contributed by atoms with E-state index in [1.165, 1.54) is 46.6 Å². The van der Waals surface area contributed by atoms with Crippen molar-refractivity contribution in [3.8, 4) is 40.2 Å². The maximum atomic E-state index is 13.4. The molecule has 2 heterocycles. The number of urea groups is 1. The van der Waals surface area contributed by atoms with Crippen molar-refractivity contribution in [2.75, 3.05) is 41.8 Å². The van der Waals surface area contributed by atoms with Gasteiger partial charge in [0, 0.05) is 17.9 Å². The first-order valence-corrected chi connectivity index (χ1v) is 15.2. The van der Waals surface area contributed by atoms with Gasteiger partial charge in [0.2, 0.25) is 12.5 Å². The van der Waals surface area contributed by atoms with Crippen molar-refractivity contribution in [1.29, 1.82) is 0 Å². The zero-order chi connectivity index (χ0) is 32.0. The fourth-order valence-corrected chi connectivity index (χ4v) is 7.25. The molecule has 14 nitrogen and oxygen atoms in total. The predicted molar refractivity (Wildman–Crippen MR) is 155 cm³/mol. The van der Waals surface area contributed by atoms with E-state index in [9.17, 15) is 23.1 Å². The molecule has 0 radical (unpaired) electrons. The summed E-state index contributed by atoms with van der Waals surface area (Å²) in [6.07, 6.45) is 0. The van der Waals surface area contributed by atoms with Crippen LogP contribution in [-0.4, -0.2) is 67.4 Å². The summed E-state index contributed by atoms with van der Waals surface area (Å²) in [5.74, 6) is -1.35. The highest BCUT2D eigenvalue weighted by molar-refractivity contribution is 7.90. The summed E-state index contributed by atoms with van der Waals surface area (Å²) in [7, 11) is 1.10. The Morgan fingerprint density at radius 2 is 1.51 bits per heavy atom. The van der Waals surface area contributed by atoms with E-state index in [2.05, 4.69) is 5.32 Å². The molecule has 2 amide bonds. The number of amides is 2. The number of hydrogen-bond donors (Lipinski definition) is 3. The van der Waals surface area contributed by atoms with Gasteiger partial charge in [0.15, 0.2) is 23.0 Å². The highest BCUT2D eigenvalue weighted by atomic mass is 32.2. The zero-order valence-electron chi connectivity index (χ0n) is 24.6. The average molecular weight is 643 g/mol. The van der Waals surface area contributed by atoms with Crippen LogP contribution in [0.1, 0.15) is 28.7 Å². The number of methoxy groups -OCH3 is 4. The molecule has 3 aromatic carbocycles. The summed E-state index contributed by atoms with van der Waals surface area (Å²) < 4.78 is 66.5. The monoisotopic (exact) mass is 642 g/mol. The first-order chi connectivity index (χ1) is 21.6. The van der Waals surface area contributed by atoms with E-state index in [4.69, 9.17) is 33.2 Å². The van der Waals surface area contributed by atoms with Gasteiger partial charge in [-0.3, -0.25) is 4.79 Å². The van der Waals surface area contributed by atoms with Gasteiger partial charge in [0.05, 0.1) is 47.0 Å². The minimum absolute atomic E-state index is 0.0252. The van der Waals surface area contributed by atoms with Crippen LogP contribution < -0.4 is 38.5 Å². The SMILES string of the molecule is COc1ccc(S(=O)(=O)NC(=O)N[C@@H]2c3cc4c(cc3[C@@H](c3cc(OC)c(O)c(OC)c3)[C@H]3C(=O)OC[C@@H]32)OCO4)c(OC)c1. The average Bonchev–Trinajstić information content (AvgIpc) is 3.65. The Hall–Kier alpha value is -5.05. The van der Waals surface area contributed by atoms with Crippen LogP contribution in [0.3, 0.4) is 0 Å². The van der Waals surface area contributed by atoms with Crippen LogP contribution in [0.4, 0.5) is 4.79 Å². The number of esters is 1. The third-order valence-electron chi connectivity index (χ3n) is 8.22. The molecule has 0 aromatic heterocycles. The predicted octanol–water partition coefficient (Wildman–Crippen LogP) is 2.82. The zero-order valence-corrected chi connectivity index (χ0v) is 25.4. The molecule has 3 aliphatic rings. The van der Waals surface area contributed by atoms with Gasteiger partial charge in [0.1, 0.15) is 16.4 Å². The first kappa shape index (κ1) is 30.0. The maximum Gasteiger partial charge on any atom is 0.329 e. The Labute approximate surface area is 258 Å². The number of nitrogens with one attached hydrogen (secondary N) is 2. The van der Waals surface area contributed by atoms with Gasteiger partial charge in [-0.15, -0.1) is 0 Å². The Morgan fingerprint density at radius 1 is 0.867 bits per heavy atom. The van der Waals surface area contributed by atoms with Gasteiger partial charge in [-0.2, -0.15) is 0 Å². The molecule has 1 fully saturated rings. The molecular formula is C30H30N2O12S. The van der Waals surface area contributed by atoms with Crippen LogP contribution in [0.2, 0.25) is 0 Å². The second-order valence-electron chi connectivity index (χ2n) is 10.5. The van der Waals surface area contributed by atoms with E-state index < -0.39 is 45.8 Å². The third-order valence-corrected chi connectivity index (χ3v) is 9.59. The molecule has 0 bridgehead atoms. The highest BCUT2D eigenvalue weighted by Gasteiger charge is 2.53. The van der Waals surface area contributed by atoms with Gasteiger partial charge in [-0.1, -0.05) is 0 Å². The number of cyclic esters (lactones) is 1. The molecule has 15 heteroatoms. The van der Waals surface area contributed by atoms with Gasteiger partial charge in [-0.25, -0.2) is 17.9 Å². The number of carbonyl (C=O) groups excluding carboxylic acids is 2. The van der Waals surface area contributed by atoms with Gasteiger partial charge in [0.25, 0.3) is 10.0 Å². The molecule has 0 unspecified atom stereocenters. The van der Waals surface area contributed by atoms with Crippen molar-refractivity contribution < 1.29 is 56.3 Å². The minimum Gasteiger partial charge on any atom is -0.502 e. The number of benzene rings is 3. The van der Waals surface area contributed by atoms with Crippen molar-refractivity contribution in [2.45, 2.75) is 16.9 Å². The van der Waals surface area contributed by atoms with Gasteiger partial charge in [-0.05, 0) is 53.1 Å². The van der Waals surface area contributed by atoms with E-state index in [1.807, 2.05) is 4.72 Å². The molecule has 0 saturated carbocycles. The lowest BCUT2D eigenvalue weighted by Gasteiger charge is -2.39. The molecule has 3 N–H and O–H groups in total. The summed E-state index contributed by atoms with van der Waals surface area (Å²) in [5, 5.41) is 13.3. The van der Waals surface area contributed by atoms with E-state index in [1.54, 1.807) is 24.3 Å². The number of fused-ring (bicyclic) bond motifs is 3. The number of carbonyl (C=O) groups is 2. The number of sulfonamides is 1. The lowest BCUT2D eigenvalue weighted by Crippen LogP contribution is -2.47. The number of aromatic hydroxyl groups is 1. The van der Waals surface area contributed by atoms with Crippen LogP contribution in [0, 0.1) is 11.8 Å². The second-order valence-corrected chi connectivity index (χ2v) is 12.1. The summed E-state index contributed by atoms with van der Waals surface area (Å²) in [6, 6.07) is 8.78. The molecule has 4 atom stereocenters. The van der Waals surface area contributed by atoms with E-state index >= 15 is 0 Å². The molecule has 2 aliphatic heterocycles. The standard InChI is InChI=1S/C30H30N2O12S/c1-38-15-5-6-24(21(9-15)39-2)45(36,37)32-30(35)31-27-17-11-20-19(43-13-44-20)10-16(17)25(26-18(27)12-42-29(26)34)14-7-22(40-3)28(33)23(8-14)41-4/h5-11,18,25-27,33H,12-13H2,1-4H3,(H2,31,32,35)/t18-,25+,26-,27+/m0/s1. The molecular weight excluding hydrogens is 612 g/mol. The van der Waals surface area contributed by atoms with Crippen molar-refractivity contribution >= 4 is 22.0 Å². The van der Waals surface area contributed by atoms with E-state index in [0.717, 1.165) is 0 Å². The fourth-order valence-electron chi connectivity index (χ4n) is 6.19. The fraction of sp³-hybridized carbons (Fsp3) is 0.333. The number of phenols is 1. The van der Waals surface area contributed by atoms with E-state index in [0.29, 0.717) is 33.9 Å². The third kappa shape index (κ3) is 5.12. The van der Waals surface area contributed by atoms with Crippen LogP contribution >= 0.6 is 0 Å². The molecule has 45 heavy (non-hydrogen) atoms. The molecule has 1 aliphatic carbocycles. The van der Waals surface area contributed by atoms with Crippen molar-refractivity contribution in [3.05, 3.63) is 59.2 Å². The van der Waals surface area contributed by atoms with Crippen LogP contribution in [0.25, 0.3) is 0 Å². The first-order valence-electron chi connectivity index (χ1n) is 13.7. The molecule has 6 rings (SSSR count). The largest absolute Gasteiger partial charge is 0.502 e. The Kier molecular flexibility index (Phi) is 7.64. The topological polar surface area (TPSA) is 177 Å². The minimum atomic E-state index is -4.41. The Morgan fingerprint density at radius 3 is 2.13 bits per heavy atom. The van der Waals surface area contributed by atoms with Crippen molar-refractivity contribution in [1.82, 2.24) is 10.0 Å². The molecule has 0 spiro atoms. The van der Waals surface area contributed by atoms with Crippen LogP contribution in [0.5, 0.6) is 40.2 Å². The molecule has 238 valence electrons. The summed E-state index contributed by atoms with van der Waals surface area (Å²) in [5.41, 5.74) is 1.73. The van der Waals surface area contributed by atoms with Gasteiger partial charge < -0.3 is 43.6 Å². The Balaban J connectivity index is 1.41. The summed E-state index contributed by atoms with van der Waals surface area (Å²) in [6.45, 7) is -0.0800. The smallest absolute Gasteiger partial charge is 0.329 e. The number of rotatable bonds is 8. The van der Waals surface area contributed by atoms with Crippen molar-refractivity contribution in [2.24, 2.45) is 11.8 Å².